The fraction of sp³-hybridized carbons (Fsp3) is 0.600. The Morgan fingerprint density at radius 2 is 2.25 bits per heavy atom. The van der Waals surface area contributed by atoms with E-state index in [9.17, 15) is 5.11 Å². The van der Waals surface area contributed by atoms with Gasteiger partial charge in [-0.15, -0.1) is 0 Å². The van der Waals surface area contributed by atoms with Crippen molar-refractivity contribution in [3.05, 3.63) is 18.2 Å². The summed E-state index contributed by atoms with van der Waals surface area (Å²) in [6.45, 7) is 4.28. The van der Waals surface area contributed by atoms with Gasteiger partial charge in [-0.3, -0.25) is 0 Å². The maximum absolute atomic E-state index is 9.46. The minimum atomic E-state index is 0.246. The zero-order valence-corrected chi connectivity index (χ0v) is 12.5. The number of benzene rings is 1. The van der Waals surface area contributed by atoms with Crippen LogP contribution in [0.5, 0.6) is 5.75 Å². The van der Waals surface area contributed by atoms with Crippen molar-refractivity contribution in [3.63, 3.8) is 0 Å². The van der Waals surface area contributed by atoms with Crippen molar-refractivity contribution >= 4 is 11.4 Å². The van der Waals surface area contributed by atoms with Crippen molar-refractivity contribution in [2.45, 2.75) is 18.9 Å². The van der Waals surface area contributed by atoms with E-state index in [-0.39, 0.29) is 5.75 Å². The lowest BCUT2D eigenvalue weighted by molar-refractivity contribution is -0.917. The maximum Gasteiger partial charge on any atom is 0.117 e. The van der Waals surface area contributed by atoms with Gasteiger partial charge in [0.05, 0.1) is 32.0 Å². The van der Waals surface area contributed by atoms with Gasteiger partial charge < -0.3 is 26.0 Å². The number of nitrogen functional groups attached to an aromatic ring is 1. The molecule has 0 spiro atoms. The van der Waals surface area contributed by atoms with Crippen molar-refractivity contribution in [1.82, 2.24) is 5.32 Å². The lowest BCUT2D eigenvalue weighted by atomic mass is 10.1. The molecule has 1 aliphatic heterocycles. The van der Waals surface area contributed by atoms with Crippen molar-refractivity contribution in [3.8, 4) is 5.75 Å². The Labute approximate surface area is 121 Å². The van der Waals surface area contributed by atoms with Gasteiger partial charge in [0.25, 0.3) is 0 Å². The van der Waals surface area contributed by atoms with Crippen LogP contribution in [0.4, 0.5) is 11.4 Å². The van der Waals surface area contributed by atoms with Crippen molar-refractivity contribution in [2.24, 2.45) is 0 Å². The van der Waals surface area contributed by atoms with Gasteiger partial charge in [-0.25, -0.2) is 0 Å². The fourth-order valence-corrected chi connectivity index (χ4v) is 2.78. The number of nitrogens with one attached hydrogen (secondary N) is 2. The van der Waals surface area contributed by atoms with E-state index in [1.165, 1.54) is 13.0 Å². The van der Waals surface area contributed by atoms with E-state index >= 15 is 0 Å². The van der Waals surface area contributed by atoms with Crippen LogP contribution in [0.3, 0.4) is 0 Å². The Morgan fingerprint density at radius 3 is 3.00 bits per heavy atom. The van der Waals surface area contributed by atoms with Crippen LogP contribution in [0.15, 0.2) is 18.2 Å². The first-order valence-electron chi connectivity index (χ1n) is 7.35. The monoisotopic (exact) mass is 279 g/mol. The highest BCUT2D eigenvalue weighted by molar-refractivity contribution is 5.67. The molecule has 2 rings (SSSR count). The summed E-state index contributed by atoms with van der Waals surface area (Å²) in [5.41, 5.74) is 7.37. The quantitative estimate of drug-likeness (QED) is 0.283. The minimum Gasteiger partial charge on any atom is -0.508 e. The first-order chi connectivity index (χ1) is 9.49. The number of phenols is 1. The second-order valence-electron chi connectivity index (χ2n) is 6.20. The van der Waals surface area contributed by atoms with E-state index in [4.69, 9.17) is 5.73 Å². The molecular formula is C15H27N4O+. The third kappa shape index (κ3) is 3.77. The van der Waals surface area contributed by atoms with E-state index in [1.54, 1.807) is 18.2 Å². The molecule has 1 aromatic rings. The number of anilines is 2. The highest BCUT2D eigenvalue weighted by Crippen LogP contribution is 2.23. The van der Waals surface area contributed by atoms with Crippen molar-refractivity contribution in [1.29, 1.82) is 0 Å². The molecule has 1 aromatic carbocycles. The molecule has 1 unspecified atom stereocenters. The van der Waals surface area contributed by atoms with Crippen LogP contribution < -0.4 is 16.4 Å². The summed E-state index contributed by atoms with van der Waals surface area (Å²) < 4.78 is 1.10. The van der Waals surface area contributed by atoms with Crippen LogP contribution in [0.25, 0.3) is 0 Å². The number of phenolic OH excluding ortho intramolecular Hbond substituents is 1. The topological polar surface area (TPSA) is 70.3 Å². The van der Waals surface area contributed by atoms with E-state index < -0.39 is 0 Å². The maximum atomic E-state index is 9.46. The molecule has 1 atom stereocenters. The zero-order chi connectivity index (χ0) is 14.6. The number of piperazine rings is 1. The zero-order valence-electron chi connectivity index (χ0n) is 12.5. The molecule has 1 fully saturated rings. The molecule has 0 bridgehead atoms. The summed E-state index contributed by atoms with van der Waals surface area (Å²) in [6, 6.07) is 5.68. The Morgan fingerprint density at radius 1 is 1.45 bits per heavy atom. The molecule has 0 aromatic heterocycles. The van der Waals surface area contributed by atoms with E-state index in [0.29, 0.717) is 11.7 Å². The number of rotatable bonds is 5. The van der Waals surface area contributed by atoms with Crippen molar-refractivity contribution in [2.75, 3.05) is 51.3 Å². The number of hydrogen-bond acceptors (Lipinski definition) is 4. The van der Waals surface area contributed by atoms with Crippen molar-refractivity contribution < 1.29 is 9.59 Å². The van der Waals surface area contributed by atoms with Gasteiger partial charge in [0, 0.05) is 32.1 Å². The normalized spacial score (nSPS) is 21.6. The van der Waals surface area contributed by atoms with Crippen LogP contribution in [-0.4, -0.2) is 55.9 Å². The molecule has 0 aliphatic carbocycles. The third-order valence-corrected chi connectivity index (χ3v) is 4.30. The van der Waals surface area contributed by atoms with E-state index in [1.807, 2.05) is 0 Å². The van der Waals surface area contributed by atoms with E-state index in [0.717, 1.165) is 36.2 Å². The van der Waals surface area contributed by atoms with Crippen LogP contribution >= 0.6 is 0 Å². The third-order valence-electron chi connectivity index (χ3n) is 4.30. The summed E-state index contributed by atoms with van der Waals surface area (Å²) in [5.74, 6) is 0.246. The minimum absolute atomic E-state index is 0.246. The molecular weight excluding hydrogens is 252 g/mol. The highest BCUT2D eigenvalue weighted by atomic mass is 16.3. The standard InChI is InChI=1S/C15H26N4O/c1-19(2)9-8-17-11-12(19)4-3-7-18-15-10-13(20)5-6-14(15)16/h5-6,10,12,17-18H,3-4,7-9,11,16H2,1-2H3/p+1. The molecule has 0 amide bonds. The molecule has 5 N–H and O–H groups in total. The number of aromatic hydroxyl groups is 1. The summed E-state index contributed by atoms with van der Waals surface area (Å²) in [6.07, 6.45) is 2.29. The van der Waals surface area contributed by atoms with Gasteiger partial charge >= 0.3 is 0 Å². The van der Waals surface area contributed by atoms with Gasteiger partial charge in [-0.05, 0) is 18.6 Å². The van der Waals surface area contributed by atoms with Crippen LogP contribution in [0, 0.1) is 0 Å². The Bertz CT molecular complexity index is 447. The summed E-state index contributed by atoms with van der Waals surface area (Å²) >= 11 is 0. The number of nitrogens with zero attached hydrogens (tertiary/aromatic N) is 1. The average molecular weight is 279 g/mol. The molecule has 5 heteroatoms. The predicted molar refractivity (Wildman–Crippen MR) is 83.9 cm³/mol. The fourth-order valence-electron chi connectivity index (χ4n) is 2.78. The molecule has 0 saturated carbocycles. The molecule has 112 valence electrons. The molecule has 0 radical (unpaired) electrons. The largest absolute Gasteiger partial charge is 0.508 e. The summed E-state index contributed by atoms with van der Waals surface area (Å²) in [4.78, 5) is 0. The van der Waals surface area contributed by atoms with Gasteiger partial charge in [-0.2, -0.15) is 0 Å². The predicted octanol–water partition coefficient (Wildman–Crippen LogP) is 1.21. The number of quaternary nitrogens is 1. The summed E-state index contributed by atoms with van der Waals surface area (Å²) in [7, 11) is 4.62. The van der Waals surface area contributed by atoms with Gasteiger partial charge in [0.2, 0.25) is 0 Å². The lowest BCUT2D eigenvalue weighted by Gasteiger charge is -2.42. The SMILES string of the molecule is C[N+]1(C)CCNCC1CCCNc1cc(O)ccc1N. The smallest absolute Gasteiger partial charge is 0.117 e. The highest BCUT2D eigenvalue weighted by Gasteiger charge is 2.30. The van der Waals surface area contributed by atoms with Gasteiger partial charge in [0.15, 0.2) is 0 Å². The Balaban J connectivity index is 1.77. The lowest BCUT2D eigenvalue weighted by Crippen LogP contribution is -2.60. The number of likely N-dealkylation sites (N-methyl/N-ethyl adjacent to an activating group) is 1. The second-order valence-corrected chi connectivity index (χ2v) is 6.20. The molecule has 1 aliphatic rings. The van der Waals surface area contributed by atoms with E-state index in [2.05, 4.69) is 24.7 Å². The molecule has 5 nitrogen and oxygen atoms in total. The van der Waals surface area contributed by atoms with Gasteiger partial charge in [0.1, 0.15) is 11.8 Å². The first kappa shape index (κ1) is 14.9. The first-order valence-corrected chi connectivity index (χ1v) is 7.35. The molecule has 20 heavy (non-hydrogen) atoms. The molecule has 1 saturated heterocycles. The Hall–Kier alpha value is -1.46. The number of hydrogen-bond donors (Lipinski definition) is 4. The second kappa shape index (κ2) is 6.33. The summed E-state index contributed by atoms with van der Waals surface area (Å²) in [5, 5.41) is 16.2. The van der Waals surface area contributed by atoms with Crippen LogP contribution in [0.1, 0.15) is 12.8 Å². The average Bonchev–Trinajstić information content (AvgIpc) is 2.39. The number of nitrogens with two attached hydrogens (primary N) is 1. The van der Waals surface area contributed by atoms with Crippen LogP contribution in [0.2, 0.25) is 0 Å². The molecule has 1 heterocycles. The Kier molecular flexibility index (Phi) is 4.73. The van der Waals surface area contributed by atoms with Gasteiger partial charge in [-0.1, -0.05) is 0 Å². The van der Waals surface area contributed by atoms with Crippen LogP contribution in [-0.2, 0) is 0 Å².